The van der Waals surface area contributed by atoms with Gasteiger partial charge >= 0.3 is 0 Å². The zero-order valence-electron chi connectivity index (χ0n) is 10.8. The lowest BCUT2D eigenvalue weighted by Crippen LogP contribution is -2.08. The van der Waals surface area contributed by atoms with E-state index in [-0.39, 0.29) is 0 Å². The molecule has 0 N–H and O–H groups in total. The Morgan fingerprint density at radius 2 is 2.06 bits per heavy atom. The number of hydrogen-bond acceptors (Lipinski definition) is 3. The minimum atomic E-state index is 0.511. The van der Waals surface area contributed by atoms with Gasteiger partial charge in [0.1, 0.15) is 18.6 Å². The molecule has 0 aliphatic heterocycles. The molecule has 0 aromatic heterocycles. The van der Waals surface area contributed by atoms with Gasteiger partial charge in [-0.25, -0.2) is 0 Å². The van der Waals surface area contributed by atoms with E-state index in [0.29, 0.717) is 24.7 Å². The summed E-state index contributed by atoms with van der Waals surface area (Å²) in [5.74, 6) is 1.39. The van der Waals surface area contributed by atoms with Gasteiger partial charge in [-0.15, -0.1) is 0 Å². The lowest BCUT2D eigenvalue weighted by atomic mass is 10.1. The summed E-state index contributed by atoms with van der Waals surface area (Å²) < 4.78 is 11.8. The molecule has 0 saturated heterocycles. The second kappa shape index (κ2) is 8.27. The third-order valence-corrected chi connectivity index (χ3v) is 3.04. The van der Waals surface area contributed by atoms with E-state index in [1.165, 1.54) is 0 Å². The third-order valence-electron chi connectivity index (χ3n) is 2.42. The van der Waals surface area contributed by atoms with Crippen LogP contribution in [0.3, 0.4) is 0 Å². The van der Waals surface area contributed by atoms with Gasteiger partial charge in [-0.05, 0) is 46.5 Å². The Bertz CT molecular complexity index is 377. The largest absolute Gasteiger partial charge is 0.490 e. The Balaban J connectivity index is 2.25. The maximum atomic E-state index is 10.6. The molecule has 0 atom stereocenters. The van der Waals surface area contributed by atoms with Crippen LogP contribution < -0.4 is 4.74 Å². The van der Waals surface area contributed by atoms with E-state index in [2.05, 4.69) is 29.8 Å². The number of aldehydes is 1. The zero-order valence-corrected chi connectivity index (χ0v) is 12.4. The van der Waals surface area contributed by atoms with Crippen LogP contribution in [-0.2, 0) is 4.74 Å². The lowest BCUT2D eigenvalue weighted by Gasteiger charge is -2.09. The fourth-order valence-corrected chi connectivity index (χ4v) is 1.85. The summed E-state index contributed by atoms with van der Waals surface area (Å²) in [5.41, 5.74) is 0.627. The van der Waals surface area contributed by atoms with Crippen molar-refractivity contribution in [2.75, 3.05) is 19.8 Å². The summed E-state index contributed by atoms with van der Waals surface area (Å²) in [7, 11) is 0. The van der Waals surface area contributed by atoms with Crippen molar-refractivity contribution in [3.8, 4) is 5.75 Å². The van der Waals surface area contributed by atoms with Crippen LogP contribution in [0.2, 0.25) is 0 Å². The van der Waals surface area contributed by atoms with Gasteiger partial charge in [-0.3, -0.25) is 4.79 Å². The molecule has 0 heterocycles. The van der Waals surface area contributed by atoms with E-state index in [1.54, 1.807) is 18.2 Å². The zero-order chi connectivity index (χ0) is 13.4. The highest BCUT2D eigenvalue weighted by Gasteiger charge is 2.02. The van der Waals surface area contributed by atoms with Crippen LogP contribution in [0, 0.1) is 5.92 Å². The predicted molar refractivity (Wildman–Crippen MR) is 75.3 cm³/mol. The molecule has 1 aromatic carbocycles. The standard InChI is InChI=1S/C14H19BrO3/c1-11(2)5-6-17-7-8-18-14-4-3-12(10-16)9-13(14)15/h3-4,9-11H,5-8H2,1-2H3. The number of benzene rings is 1. The Hall–Kier alpha value is -0.870. The molecular formula is C14H19BrO3. The quantitative estimate of drug-likeness (QED) is 0.542. The van der Waals surface area contributed by atoms with Crippen LogP contribution >= 0.6 is 15.9 Å². The highest BCUT2D eigenvalue weighted by atomic mass is 79.9. The smallest absolute Gasteiger partial charge is 0.150 e. The van der Waals surface area contributed by atoms with Crippen molar-refractivity contribution in [1.29, 1.82) is 0 Å². The monoisotopic (exact) mass is 314 g/mol. The molecule has 3 nitrogen and oxygen atoms in total. The minimum Gasteiger partial charge on any atom is -0.490 e. The molecular weight excluding hydrogens is 296 g/mol. The third kappa shape index (κ3) is 5.65. The molecule has 0 aliphatic rings. The molecule has 100 valence electrons. The Morgan fingerprint density at radius 1 is 1.28 bits per heavy atom. The minimum absolute atomic E-state index is 0.511. The molecule has 0 saturated carbocycles. The van der Waals surface area contributed by atoms with Gasteiger partial charge in [-0.1, -0.05) is 13.8 Å². The van der Waals surface area contributed by atoms with Gasteiger partial charge in [0.25, 0.3) is 0 Å². The second-order valence-corrected chi connectivity index (χ2v) is 5.31. The van der Waals surface area contributed by atoms with E-state index < -0.39 is 0 Å². The number of hydrogen-bond donors (Lipinski definition) is 0. The van der Waals surface area contributed by atoms with Crippen molar-refractivity contribution in [3.05, 3.63) is 28.2 Å². The lowest BCUT2D eigenvalue weighted by molar-refractivity contribution is 0.0923. The first-order valence-electron chi connectivity index (χ1n) is 6.08. The van der Waals surface area contributed by atoms with E-state index in [1.807, 2.05) is 0 Å². The molecule has 4 heteroatoms. The topological polar surface area (TPSA) is 35.5 Å². The van der Waals surface area contributed by atoms with E-state index in [4.69, 9.17) is 9.47 Å². The van der Waals surface area contributed by atoms with Crippen LogP contribution in [0.1, 0.15) is 30.6 Å². The summed E-state index contributed by atoms with van der Waals surface area (Å²) in [6, 6.07) is 5.25. The van der Waals surface area contributed by atoms with Crippen molar-refractivity contribution in [1.82, 2.24) is 0 Å². The number of ether oxygens (including phenoxy) is 2. The van der Waals surface area contributed by atoms with Crippen molar-refractivity contribution in [2.45, 2.75) is 20.3 Å². The van der Waals surface area contributed by atoms with Gasteiger partial charge in [0.05, 0.1) is 11.1 Å². The van der Waals surface area contributed by atoms with Crippen LogP contribution in [0.5, 0.6) is 5.75 Å². The van der Waals surface area contributed by atoms with Crippen LogP contribution in [-0.4, -0.2) is 26.1 Å². The van der Waals surface area contributed by atoms with E-state index >= 15 is 0 Å². The number of halogens is 1. The van der Waals surface area contributed by atoms with Crippen molar-refractivity contribution >= 4 is 22.2 Å². The maximum Gasteiger partial charge on any atom is 0.150 e. The number of carbonyl (C=O) groups is 1. The summed E-state index contributed by atoms with van der Waals surface area (Å²) >= 11 is 3.37. The Morgan fingerprint density at radius 3 is 2.67 bits per heavy atom. The SMILES string of the molecule is CC(C)CCOCCOc1ccc(C=O)cc1Br. The normalized spacial score (nSPS) is 10.7. The van der Waals surface area contributed by atoms with Crippen LogP contribution in [0.25, 0.3) is 0 Å². The van der Waals surface area contributed by atoms with Gasteiger partial charge in [0.2, 0.25) is 0 Å². The molecule has 0 aliphatic carbocycles. The fraction of sp³-hybridized carbons (Fsp3) is 0.500. The summed E-state index contributed by atoms with van der Waals surface area (Å²) in [5, 5.41) is 0. The molecule has 1 aromatic rings. The van der Waals surface area contributed by atoms with Crippen molar-refractivity contribution in [2.24, 2.45) is 5.92 Å². The Kier molecular flexibility index (Phi) is 6.98. The average Bonchev–Trinajstić information content (AvgIpc) is 2.34. The fourth-order valence-electron chi connectivity index (χ4n) is 1.34. The highest BCUT2D eigenvalue weighted by molar-refractivity contribution is 9.10. The maximum absolute atomic E-state index is 10.6. The van der Waals surface area contributed by atoms with E-state index in [0.717, 1.165) is 29.5 Å². The van der Waals surface area contributed by atoms with Gasteiger partial charge in [0.15, 0.2) is 0 Å². The first-order valence-corrected chi connectivity index (χ1v) is 6.88. The number of carbonyl (C=O) groups excluding carboxylic acids is 1. The van der Waals surface area contributed by atoms with E-state index in [9.17, 15) is 4.79 Å². The first kappa shape index (κ1) is 15.2. The number of rotatable bonds is 8. The van der Waals surface area contributed by atoms with Crippen molar-refractivity contribution < 1.29 is 14.3 Å². The molecule has 1 rings (SSSR count). The van der Waals surface area contributed by atoms with Gasteiger partial charge < -0.3 is 9.47 Å². The molecule has 0 spiro atoms. The van der Waals surface area contributed by atoms with Crippen LogP contribution in [0.15, 0.2) is 22.7 Å². The first-order chi connectivity index (χ1) is 8.63. The second-order valence-electron chi connectivity index (χ2n) is 4.45. The molecule has 0 fully saturated rings. The molecule has 18 heavy (non-hydrogen) atoms. The summed E-state index contributed by atoms with van der Waals surface area (Å²) in [6.07, 6.45) is 1.88. The van der Waals surface area contributed by atoms with Gasteiger partial charge in [0, 0.05) is 12.2 Å². The molecule has 0 unspecified atom stereocenters. The van der Waals surface area contributed by atoms with Crippen molar-refractivity contribution in [3.63, 3.8) is 0 Å². The highest BCUT2D eigenvalue weighted by Crippen LogP contribution is 2.25. The van der Waals surface area contributed by atoms with Gasteiger partial charge in [-0.2, -0.15) is 0 Å². The summed E-state index contributed by atoms with van der Waals surface area (Å²) in [6.45, 7) is 6.20. The average molecular weight is 315 g/mol. The Labute approximate surface area is 117 Å². The predicted octanol–water partition coefficient (Wildman–Crippen LogP) is 3.70. The molecule has 0 radical (unpaired) electrons. The molecule has 0 bridgehead atoms. The molecule has 0 amide bonds. The summed E-state index contributed by atoms with van der Waals surface area (Å²) in [4.78, 5) is 10.6. The van der Waals surface area contributed by atoms with Crippen LogP contribution in [0.4, 0.5) is 0 Å².